The van der Waals surface area contributed by atoms with Crippen molar-refractivity contribution >= 4 is 46.0 Å². The van der Waals surface area contributed by atoms with Crippen LogP contribution in [-0.4, -0.2) is 31.6 Å². The third-order valence-electron chi connectivity index (χ3n) is 4.21. The molecule has 1 fully saturated rings. The second kappa shape index (κ2) is 8.57. The summed E-state index contributed by atoms with van der Waals surface area (Å²) >= 11 is 6.24. The number of nitrogens with zero attached hydrogens (tertiary/aromatic N) is 1. The van der Waals surface area contributed by atoms with Gasteiger partial charge in [-0.1, -0.05) is 30.0 Å². The number of hydrogen-bond donors (Lipinski definition) is 0. The van der Waals surface area contributed by atoms with Crippen molar-refractivity contribution in [1.29, 1.82) is 0 Å². The molecule has 1 amide bonds. The van der Waals surface area contributed by atoms with Crippen LogP contribution in [0.5, 0.6) is 17.2 Å². The monoisotopic (exact) mass is 455 g/mol. The predicted molar refractivity (Wildman–Crippen MR) is 113 cm³/mol. The highest BCUT2D eigenvalue weighted by atomic mass is 32.2. The van der Waals surface area contributed by atoms with Crippen LogP contribution in [0.25, 0.3) is 6.08 Å². The number of alkyl halides is 3. The molecule has 0 saturated carbocycles. The average molecular weight is 455 g/mol. The van der Waals surface area contributed by atoms with Gasteiger partial charge in [0.2, 0.25) is 5.75 Å². The smallest absolute Gasteiger partial charge is 0.416 e. The number of thiocarbonyl (C=S) groups is 1. The molecule has 0 aromatic heterocycles. The van der Waals surface area contributed by atoms with Crippen molar-refractivity contribution in [3.8, 4) is 17.2 Å². The molecule has 1 aliphatic rings. The van der Waals surface area contributed by atoms with E-state index in [1.54, 1.807) is 18.2 Å². The Morgan fingerprint density at radius 2 is 1.67 bits per heavy atom. The number of benzene rings is 2. The Bertz CT molecular complexity index is 1010. The molecule has 2 aromatic rings. The molecule has 1 saturated heterocycles. The van der Waals surface area contributed by atoms with E-state index >= 15 is 0 Å². The number of carbonyl (C=O) groups excluding carboxylic acids is 1. The molecule has 0 aliphatic carbocycles. The minimum absolute atomic E-state index is 0.0561. The summed E-state index contributed by atoms with van der Waals surface area (Å²) in [4.78, 5) is 14.2. The van der Waals surface area contributed by atoms with Gasteiger partial charge in [-0.05, 0) is 42.0 Å². The molecule has 30 heavy (non-hydrogen) atoms. The van der Waals surface area contributed by atoms with E-state index in [1.807, 2.05) is 0 Å². The van der Waals surface area contributed by atoms with E-state index in [0.717, 1.165) is 28.8 Å². The fourth-order valence-electron chi connectivity index (χ4n) is 2.85. The van der Waals surface area contributed by atoms with Gasteiger partial charge in [0.1, 0.15) is 0 Å². The maximum absolute atomic E-state index is 13.0. The molecule has 158 valence electrons. The van der Waals surface area contributed by atoms with E-state index in [0.29, 0.717) is 22.8 Å². The molecule has 5 nitrogen and oxygen atoms in total. The largest absolute Gasteiger partial charge is 0.493 e. The third-order valence-corrected chi connectivity index (χ3v) is 5.51. The van der Waals surface area contributed by atoms with Gasteiger partial charge in [0.05, 0.1) is 37.5 Å². The van der Waals surface area contributed by atoms with Gasteiger partial charge in [-0.3, -0.25) is 9.69 Å². The average Bonchev–Trinajstić information content (AvgIpc) is 2.99. The summed E-state index contributed by atoms with van der Waals surface area (Å²) in [5.74, 6) is 0.680. The summed E-state index contributed by atoms with van der Waals surface area (Å²) in [5, 5.41) is 0. The second-order valence-corrected chi connectivity index (χ2v) is 7.70. The molecular weight excluding hydrogens is 439 g/mol. The normalized spacial score (nSPS) is 15.7. The second-order valence-electron chi connectivity index (χ2n) is 6.02. The SMILES string of the molecule is COc1cc(C=C2SC(=S)N(c3cccc(C(F)(F)F)c3)C2=O)cc(OC)c1OC. The number of thioether (sulfide) groups is 1. The van der Waals surface area contributed by atoms with Gasteiger partial charge in [0.25, 0.3) is 5.91 Å². The Morgan fingerprint density at radius 1 is 1.03 bits per heavy atom. The summed E-state index contributed by atoms with van der Waals surface area (Å²) in [6.45, 7) is 0. The zero-order chi connectivity index (χ0) is 22.1. The standard InChI is InChI=1S/C20H16F3NO4S2/c1-26-14-7-11(8-15(27-2)17(14)28-3)9-16-18(25)24(19(29)30-16)13-6-4-5-12(10-13)20(21,22)23/h4-10H,1-3H3. The maximum atomic E-state index is 13.0. The molecule has 0 N–H and O–H groups in total. The maximum Gasteiger partial charge on any atom is 0.416 e. The molecule has 10 heteroatoms. The van der Waals surface area contributed by atoms with Gasteiger partial charge in [0.15, 0.2) is 15.8 Å². The van der Waals surface area contributed by atoms with Gasteiger partial charge in [-0.25, -0.2) is 0 Å². The van der Waals surface area contributed by atoms with Crippen LogP contribution in [0.15, 0.2) is 41.3 Å². The van der Waals surface area contributed by atoms with E-state index in [4.69, 9.17) is 26.4 Å². The fourth-order valence-corrected chi connectivity index (χ4v) is 4.15. The quantitative estimate of drug-likeness (QED) is 0.460. The van der Waals surface area contributed by atoms with Crippen LogP contribution in [0.1, 0.15) is 11.1 Å². The lowest BCUT2D eigenvalue weighted by molar-refractivity contribution is -0.137. The molecule has 1 heterocycles. The summed E-state index contributed by atoms with van der Waals surface area (Å²) in [7, 11) is 4.41. The van der Waals surface area contributed by atoms with Crippen LogP contribution in [0.4, 0.5) is 18.9 Å². The van der Waals surface area contributed by atoms with E-state index in [1.165, 1.54) is 33.5 Å². The van der Waals surface area contributed by atoms with Crippen molar-refractivity contribution in [2.75, 3.05) is 26.2 Å². The number of ether oxygens (including phenoxy) is 3. The third kappa shape index (κ3) is 4.24. The molecule has 0 bridgehead atoms. The molecule has 0 radical (unpaired) electrons. The van der Waals surface area contributed by atoms with Crippen LogP contribution in [-0.2, 0) is 11.0 Å². The van der Waals surface area contributed by atoms with Crippen LogP contribution < -0.4 is 19.1 Å². The predicted octanol–water partition coefficient (Wildman–Crippen LogP) is 5.14. The highest BCUT2D eigenvalue weighted by molar-refractivity contribution is 8.27. The highest BCUT2D eigenvalue weighted by Crippen LogP contribution is 2.41. The molecule has 0 unspecified atom stereocenters. The first kappa shape index (κ1) is 22.0. The number of carbonyl (C=O) groups is 1. The number of rotatable bonds is 5. The van der Waals surface area contributed by atoms with E-state index in [9.17, 15) is 18.0 Å². The topological polar surface area (TPSA) is 48.0 Å². The summed E-state index contributed by atoms with van der Waals surface area (Å²) in [6, 6.07) is 7.78. The highest BCUT2D eigenvalue weighted by Gasteiger charge is 2.36. The number of anilines is 1. The van der Waals surface area contributed by atoms with Gasteiger partial charge in [-0.15, -0.1) is 0 Å². The van der Waals surface area contributed by atoms with E-state index in [-0.39, 0.29) is 14.9 Å². The first-order valence-corrected chi connectivity index (χ1v) is 9.67. The summed E-state index contributed by atoms with van der Waals surface area (Å²) < 4.78 is 55.1. The Kier molecular flexibility index (Phi) is 6.27. The Balaban J connectivity index is 1.98. The van der Waals surface area contributed by atoms with Gasteiger partial charge in [0, 0.05) is 0 Å². The van der Waals surface area contributed by atoms with Crippen LogP contribution in [0, 0.1) is 0 Å². The summed E-state index contributed by atoms with van der Waals surface area (Å²) in [5.41, 5.74) is -0.225. The number of amides is 1. The van der Waals surface area contributed by atoms with Gasteiger partial charge < -0.3 is 14.2 Å². The number of hydrogen-bond acceptors (Lipinski definition) is 6. The van der Waals surface area contributed by atoms with Crippen molar-refractivity contribution in [1.82, 2.24) is 0 Å². The van der Waals surface area contributed by atoms with Crippen molar-refractivity contribution in [2.45, 2.75) is 6.18 Å². The number of methoxy groups -OCH3 is 3. The lowest BCUT2D eigenvalue weighted by atomic mass is 10.1. The van der Waals surface area contributed by atoms with Crippen molar-refractivity contribution in [3.05, 3.63) is 52.4 Å². The minimum Gasteiger partial charge on any atom is -0.493 e. The van der Waals surface area contributed by atoms with Crippen LogP contribution in [0.2, 0.25) is 0 Å². The lowest BCUT2D eigenvalue weighted by Crippen LogP contribution is -2.27. The molecule has 3 rings (SSSR count). The Labute approximate surface area is 180 Å². The molecule has 0 atom stereocenters. The molecule has 2 aromatic carbocycles. The van der Waals surface area contributed by atoms with Crippen molar-refractivity contribution in [2.24, 2.45) is 0 Å². The first-order valence-electron chi connectivity index (χ1n) is 8.44. The minimum atomic E-state index is -4.53. The van der Waals surface area contributed by atoms with Crippen molar-refractivity contribution < 1.29 is 32.2 Å². The Hall–Kier alpha value is -2.72. The zero-order valence-corrected chi connectivity index (χ0v) is 17.7. The fraction of sp³-hybridized carbons (Fsp3) is 0.200. The van der Waals surface area contributed by atoms with E-state index in [2.05, 4.69) is 0 Å². The van der Waals surface area contributed by atoms with Crippen molar-refractivity contribution in [3.63, 3.8) is 0 Å². The van der Waals surface area contributed by atoms with Crippen LogP contribution >= 0.6 is 24.0 Å². The van der Waals surface area contributed by atoms with Gasteiger partial charge >= 0.3 is 6.18 Å². The summed E-state index contributed by atoms with van der Waals surface area (Å²) in [6.07, 6.45) is -2.96. The zero-order valence-electron chi connectivity index (χ0n) is 16.1. The molecular formula is C20H16F3NO4S2. The number of halogens is 3. The van der Waals surface area contributed by atoms with Crippen LogP contribution in [0.3, 0.4) is 0 Å². The van der Waals surface area contributed by atoms with Gasteiger partial charge in [-0.2, -0.15) is 13.2 Å². The lowest BCUT2D eigenvalue weighted by Gasteiger charge is -2.16. The molecule has 0 spiro atoms. The molecule has 1 aliphatic heterocycles. The Morgan fingerprint density at radius 3 is 2.20 bits per heavy atom. The van der Waals surface area contributed by atoms with E-state index < -0.39 is 17.6 Å². The first-order chi connectivity index (χ1) is 14.2.